The second kappa shape index (κ2) is 5.17. The molecule has 1 heterocycles. The fourth-order valence-electron chi connectivity index (χ4n) is 2.99. The first-order chi connectivity index (χ1) is 9.28. The monoisotopic (exact) mass is 255 g/mol. The quantitative estimate of drug-likeness (QED) is 0.910. The van der Waals surface area contributed by atoms with Crippen LogP contribution in [0.1, 0.15) is 41.6 Å². The van der Waals surface area contributed by atoms with Crippen molar-refractivity contribution in [3.05, 3.63) is 52.8 Å². The number of aryl methyl sites for hydroxylation is 3. The number of benzene rings is 1. The molecule has 1 aliphatic carbocycles. The van der Waals surface area contributed by atoms with Gasteiger partial charge in [0.15, 0.2) is 0 Å². The summed E-state index contributed by atoms with van der Waals surface area (Å²) in [4.78, 5) is 0. The van der Waals surface area contributed by atoms with Crippen molar-refractivity contribution in [1.29, 1.82) is 0 Å². The zero-order chi connectivity index (χ0) is 13.2. The Labute approximate surface area is 114 Å². The molecule has 100 valence electrons. The zero-order valence-corrected chi connectivity index (χ0v) is 11.7. The molecular weight excluding hydrogens is 234 g/mol. The van der Waals surface area contributed by atoms with Crippen LogP contribution in [0, 0.1) is 0 Å². The van der Waals surface area contributed by atoms with E-state index in [0.717, 1.165) is 6.54 Å². The molecule has 1 aliphatic rings. The van der Waals surface area contributed by atoms with Crippen LogP contribution in [0.25, 0.3) is 0 Å². The summed E-state index contributed by atoms with van der Waals surface area (Å²) < 4.78 is 1.87. The first-order valence-electron chi connectivity index (χ1n) is 7.11. The Morgan fingerprint density at radius 2 is 2.11 bits per heavy atom. The fourth-order valence-corrected chi connectivity index (χ4v) is 2.99. The van der Waals surface area contributed by atoms with Crippen molar-refractivity contribution in [2.45, 2.75) is 32.2 Å². The molecule has 1 atom stereocenters. The average Bonchev–Trinajstić information content (AvgIpc) is 3.03. The van der Waals surface area contributed by atoms with E-state index in [1.807, 2.05) is 17.9 Å². The molecule has 1 unspecified atom stereocenters. The largest absolute Gasteiger partial charge is 0.306 e. The third kappa shape index (κ3) is 2.43. The van der Waals surface area contributed by atoms with Crippen LogP contribution in [0.5, 0.6) is 0 Å². The first kappa shape index (κ1) is 12.4. The van der Waals surface area contributed by atoms with E-state index in [0.29, 0.717) is 0 Å². The minimum Gasteiger partial charge on any atom is -0.306 e. The summed E-state index contributed by atoms with van der Waals surface area (Å²) in [6.07, 6.45) is 7.84. The SMILES string of the molecule is CCNC(c1ccc2c(c1)CCC2)c1cnn(C)c1. The van der Waals surface area contributed by atoms with Gasteiger partial charge in [-0.3, -0.25) is 4.68 Å². The summed E-state index contributed by atoms with van der Waals surface area (Å²) in [5.41, 5.74) is 5.66. The molecule has 0 fully saturated rings. The topological polar surface area (TPSA) is 29.9 Å². The molecule has 2 aromatic rings. The Hall–Kier alpha value is -1.61. The molecule has 1 N–H and O–H groups in total. The fraction of sp³-hybridized carbons (Fsp3) is 0.438. The molecule has 0 saturated carbocycles. The van der Waals surface area contributed by atoms with Gasteiger partial charge in [-0.15, -0.1) is 0 Å². The van der Waals surface area contributed by atoms with E-state index >= 15 is 0 Å². The number of nitrogens with zero attached hydrogens (tertiary/aromatic N) is 2. The standard InChI is InChI=1S/C16H21N3/c1-3-17-16(15-10-18-19(2)11-15)14-8-7-12-5-4-6-13(12)9-14/h7-11,16-17H,3-6H2,1-2H3. The Bertz CT molecular complexity index is 571. The normalized spacial score (nSPS) is 15.5. The van der Waals surface area contributed by atoms with Crippen molar-refractivity contribution in [2.75, 3.05) is 6.54 Å². The molecule has 0 spiro atoms. The van der Waals surface area contributed by atoms with Crippen molar-refractivity contribution >= 4 is 0 Å². The number of hydrogen-bond acceptors (Lipinski definition) is 2. The number of fused-ring (bicyclic) bond motifs is 1. The summed E-state index contributed by atoms with van der Waals surface area (Å²) in [5.74, 6) is 0. The molecule has 0 radical (unpaired) electrons. The summed E-state index contributed by atoms with van der Waals surface area (Å²) in [6.45, 7) is 3.10. The van der Waals surface area contributed by atoms with Crippen LogP contribution in [-0.2, 0) is 19.9 Å². The van der Waals surface area contributed by atoms with Crippen molar-refractivity contribution in [3.63, 3.8) is 0 Å². The lowest BCUT2D eigenvalue weighted by atomic mass is 9.97. The van der Waals surface area contributed by atoms with Crippen molar-refractivity contribution < 1.29 is 0 Å². The number of hydrogen-bond donors (Lipinski definition) is 1. The second-order valence-electron chi connectivity index (χ2n) is 5.32. The number of rotatable bonds is 4. The van der Waals surface area contributed by atoms with E-state index < -0.39 is 0 Å². The minimum absolute atomic E-state index is 0.254. The van der Waals surface area contributed by atoms with E-state index in [4.69, 9.17) is 0 Å². The lowest BCUT2D eigenvalue weighted by Crippen LogP contribution is -2.21. The lowest BCUT2D eigenvalue weighted by molar-refractivity contribution is 0.629. The van der Waals surface area contributed by atoms with Gasteiger partial charge in [0.2, 0.25) is 0 Å². The third-order valence-corrected chi connectivity index (χ3v) is 3.92. The average molecular weight is 255 g/mol. The minimum atomic E-state index is 0.254. The predicted octanol–water partition coefficient (Wildman–Crippen LogP) is 2.61. The van der Waals surface area contributed by atoms with Crippen LogP contribution in [0.15, 0.2) is 30.6 Å². The molecular formula is C16H21N3. The Kier molecular flexibility index (Phi) is 3.38. The van der Waals surface area contributed by atoms with Gasteiger partial charge in [-0.2, -0.15) is 5.10 Å². The summed E-state index contributed by atoms with van der Waals surface area (Å²) in [7, 11) is 1.97. The highest BCUT2D eigenvalue weighted by atomic mass is 15.2. The predicted molar refractivity (Wildman–Crippen MR) is 77.2 cm³/mol. The van der Waals surface area contributed by atoms with Crippen LogP contribution in [0.2, 0.25) is 0 Å². The molecule has 0 aliphatic heterocycles. The maximum atomic E-state index is 4.29. The summed E-state index contributed by atoms with van der Waals surface area (Å²) >= 11 is 0. The molecule has 0 bridgehead atoms. The Balaban J connectivity index is 1.95. The van der Waals surface area contributed by atoms with Gasteiger partial charge in [-0.25, -0.2) is 0 Å². The molecule has 1 aromatic carbocycles. The molecule has 0 saturated heterocycles. The van der Waals surface area contributed by atoms with Gasteiger partial charge >= 0.3 is 0 Å². The van der Waals surface area contributed by atoms with Gasteiger partial charge in [-0.1, -0.05) is 25.1 Å². The smallest absolute Gasteiger partial charge is 0.0607 e. The Morgan fingerprint density at radius 1 is 1.26 bits per heavy atom. The molecule has 19 heavy (non-hydrogen) atoms. The maximum absolute atomic E-state index is 4.29. The second-order valence-corrected chi connectivity index (χ2v) is 5.32. The van der Waals surface area contributed by atoms with Gasteiger partial charge < -0.3 is 5.32 Å². The van der Waals surface area contributed by atoms with Gasteiger partial charge in [0.05, 0.1) is 12.2 Å². The third-order valence-electron chi connectivity index (χ3n) is 3.92. The van der Waals surface area contributed by atoms with Crippen LogP contribution in [-0.4, -0.2) is 16.3 Å². The van der Waals surface area contributed by atoms with Crippen LogP contribution < -0.4 is 5.32 Å². The molecule has 1 aromatic heterocycles. The van der Waals surface area contributed by atoms with Crippen LogP contribution >= 0.6 is 0 Å². The van der Waals surface area contributed by atoms with Crippen molar-refractivity contribution in [1.82, 2.24) is 15.1 Å². The number of nitrogens with one attached hydrogen (secondary N) is 1. The highest BCUT2D eigenvalue weighted by Crippen LogP contribution is 2.28. The van der Waals surface area contributed by atoms with Gasteiger partial charge in [0.25, 0.3) is 0 Å². The van der Waals surface area contributed by atoms with Gasteiger partial charge in [0, 0.05) is 18.8 Å². The molecule has 3 rings (SSSR count). The molecule has 3 nitrogen and oxygen atoms in total. The van der Waals surface area contributed by atoms with Crippen molar-refractivity contribution in [2.24, 2.45) is 7.05 Å². The Morgan fingerprint density at radius 3 is 2.84 bits per heavy atom. The lowest BCUT2D eigenvalue weighted by Gasteiger charge is -2.18. The maximum Gasteiger partial charge on any atom is 0.0607 e. The molecule has 3 heteroatoms. The van der Waals surface area contributed by atoms with Crippen LogP contribution in [0.3, 0.4) is 0 Å². The zero-order valence-electron chi connectivity index (χ0n) is 11.7. The van der Waals surface area contributed by atoms with E-state index in [2.05, 4.69) is 41.7 Å². The first-order valence-corrected chi connectivity index (χ1v) is 7.11. The molecule has 0 amide bonds. The van der Waals surface area contributed by atoms with E-state index in [-0.39, 0.29) is 6.04 Å². The van der Waals surface area contributed by atoms with Gasteiger partial charge in [-0.05, 0) is 42.5 Å². The number of aromatic nitrogens is 2. The van der Waals surface area contributed by atoms with E-state index in [9.17, 15) is 0 Å². The summed E-state index contributed by atoms with van der Waals surface area (Å²) in [5, 5.41) is 7.86. The van der Waals surface area contributed by atoms with E-state index in [1.165, 1.54) is 41.5 Å². The highest BCUT2D eigenvalue weighted by Gasteiger charge is 2.18. The highest BCUT2D eigenvalue weighted by molar-refractivity contribution is 5.39. The van der Waals surface area contributed by atoms with Gasteiger partial charge in [0.1, 0.15) is 0 Å². The van der Waals surface area contributed by atoms with Crippen molar-refractivity contribution in [3.8, 4) is 0 Å². The van der Waals surface area contributed by atoms with Crippen LogP contribution in [0.4, 0.5) is 0 Å². The van der Waals surface area contributed by atoms with E-state index in [1.54, 1.807) is 0 Å². The summed E-state index contributed by atoms with van der Waals surface area (Å²) in [6, 6.07) is 7.20.